The summed E-state index contributed by atoms with van der Waals surface area (Å²) in [6, 6.07) is 6.58. The molecule has 1 aromatic carbocycles. The predicted octanol–water partition coefficient (Wildman–Crippen LogP) is 2.48. The summed E-state index contributed by atoms with van der Waals surface area (Å²) in [6.07, 6.45) is 3.95. The molecule has 1 N–H and O–H groups in total. The minimum Gasteiger partial charge on any atom is -0.323 e. The maximum Gasteiger partial charge on any atom is 0.234 e. The maximum atomic E-state index is 13.4. The van der Waals surface area contributed by atoms with Gasteiger partial charge in [0.25, 0.3) is 0 Å². The van der Waals surface area contributed by atoms with Gasteiger partial charge in [-0.25, -0.2) is 4.39 Å². The Kier molecular flexibility index (Phi) is 3.68. The third kappa shape index (κ3) is 2.98. The summed E-state index contributed by atoms with van der Waals surface area (Å²) in [5.74, 6) is -0.517. The zero-order valence-corrected chi connectivity index (χ0v) is 11.4. The van der Waals surface area contributed by atoms with Crippen LogP contribution >= 0.6 is 11.8 Å². The molecule has 7 heteroatoms. The Morgan fingerprint density at radius 3 is 3.00 bits per heavy atom. The van der Waals surface area contributed by atoms with Crippen LogP contribution in [0.5, 0.6) is 0 Å². The van der Waals surface area contributed by atoms with Crippen LogP contribution < -0.4 is 5.32 Å². The van der Waals surface area contributed by atoms with E-state index in [0.717, 1.165) is 18.0 Å². The number of thioether (sulfide) groups is 1. The van der Waals surface area contributed by atoms with Crippen molar-refractivity contribution < 1.29 is 9.18 Å². The summed E-state index contributed by atoms with van der Waals surface area (Å²) >= 11 is 1.31. The van der Waals surface area contributed by atoms with Gasteiger partial charge < -0.3 is 9.88 Å². The second-order valence-electron chi connectivity index (χ2n) is 4.57. The van der Waals surface area contributed by atoms with E-state index >= 15 is 0 Å². The maximum absolute atomic E-state index is 13.4. The van der Waals surface area contributed by atoms with Gasteiger partial charge in [-0.05, 0) is 25.0 Å². The lowest BCUT2D eigenvalue weighted by Gasteiger charge is -2.06. The summed E-state index contributed by atoms with van der Waals surface area (Å²) in [4.78, 5) is 11.8. The van der Waals surface area contributed by atoms with E-state index in [1.54, 1.807) is 18.5 Å². The third-order valence-corrected chi connectivity index (χ3v) is 3.92. The molecule has 1 aliphatic rings. The third-order valence-electron chi connectivity index (χ3n) is 2.96. The van der Waals surface area contributed by atoms with Crippen molar-refractivity contribution in [2.24, 2.45) is 0 Å². The molecule has 1 saturated carbocycles. The molecule has 0 atom stereocenters. The number of anilines is 1. The van der Waals surface area contributed by atoms with E-state index in [4.69, 9.17) is 0 Å². The van der Waals surface area contributed by atoms with E-state index in [1.165, 1.54) is 23.9 Å². The van der Waals surface area contributed by atoms with Crippen LogP contribution in [-0.2, 0) is 4.79 Å². The number of nitrogens with zero attached hydrogens (tertiary/aromatic N) is 3. The molecular weight excluding hydrogens is 279 g/mol. The first kappa shape index (κ1) is 13.1. The molecule has 3 rings (SSSR count). The van der Waals surface area contributed by atoms with Crippen molar-refractivity contribution in [3.8, 4) is 0 Å². The van der Waals surface area contributed by atoms with Gasteiger partial charge in [-0.15, -0.1) is 10.2 Å². The largest absolute Gasteiger partial charge is 0.323 e. The molecule has 1 fully saturated rings. The molecule has 1 amide bonds. The molecule has 0 unspecified atom stereocenters. The van der Waals surface area contributed by atoms with Gasteiger partial charge in [0.15, 0.2) is 5.16 Å². The van der Waals surface area contributed by atoms with Crippen LogP contribution in [0.4, 0.5) is 10.1 Å². The zero-order valence-electron chi connectivity index (χ0n) is 10.6. The molecule has 0 saturated heterocycles. The number of carbonyl (C=O) groups excluding carboxylic acids is 1. The van der Waals surface area contributed by atoms with E-state index in [-0.39, 0.29) is 17.3 Å². The molecule has 0 spiro atoms. The lowest BCUT2D eigenvalue weighted by molar-refractivity contribution is -0.113. The first-order chi connectivity index (χ1) is 9.74. The molecular formula is C13H13FN4OS. The van der Waals surface area contributed by atoms with E-state index in [1.807, 2.05) is 4.57 Å². The zero-order chi connectivity index (χ0) is 13.9. The highest BCUT2D eigenvalue weighted by atomic mass is 32.2. The fourth-order valence-corrected chi connectivity index (χ4v) is 2.60. The molecule has 20 heavy (non-hydrogen) atoms. The Morgan fingerprint density at radius 2 is 2.25 bits per heavy atom. The van der Waals surface area contributed by atoms with Crippen molar-refractivity contribution in [3.05, 3.63) is 36.4 Å². The van der Waals surface area contributed by atoms with Crippen molar-refractivity contribution >= 4 is 23.4 Å². The van der Waals surface area contributed by atoms with Crippen LogP contribution in [0, 0.1) is 5.82 Å². The summed E-state index contributed by atoms with van der Waals surface area (Å²) in [6.45, 7) is 0. The average molecular weight is 292 g/mol. The number of nitrogens with one attached hydrogen (secondary N) is 1. The monoisotopic (exact) mass is 292 g/mol. The quantitative estimate of drug-likeness (QED) is 0.860. The normalized spacial score (nSPS) is 14.2. The number of halogens is 1. The number of para-hydroxylation sites is 1. The summed E-state index contributed by atoms with van der Waals surface area (Å²) in [7, 11) is 0. The van der Waals surface area contributed by atoms with Gasteiger partial charge in [0.05, 0.1) is 11.4 Å². The average Bonchev–Trinajstić information content (AvgIpc) is 3.18. The summed E-state index contributed by atoms with van der Waals surface area (Å²) in [5, 5.41) is 11.1. The van der Waals surface area contributed by atoms with Crippen molar-refractivity contribution in [3.63, 3.8) is 0 Å². The highest BCUT2D eigenvalue weighted by Crippen LogP contribution is 2.37. The van der Waals surface area contributed by atoms with Crippen LogP contribution in [0.3, 0.4) is 0 Å². The lowest BCUT2D eigenvalue weighted by Crippen LogP contribution is -2.15. The van der Waals surface area contributed by atoms with Crippen molar-refractivity contribution in [2.75, 3.05) is 11.1 Å². The standard InChI is InChI=1S/C13H13FN4OS/c14-10-3-1-2-4-11(10)16-12(19)7-20-13-17-15-8-18(13)9-5-6-9/h1-4,8-9H,5-7H2,(H,16,19). The number of carbonyl (C=O) groups is 1. The molecule has 1 heterocycles. The minimum atomic E-state index is -0.438. The van der Waals surface area contributed by atoms with Crippen LogP contribution in [0.15, 0.2) is 35.7 Å². The Bertz CT molecular complexity index is 626. The molecule has 0 radical (unpaired) electrons. The number of aromatic nitrogens is 3. The van der Waals surface area contributed by atoms with Crippen molar-refractivity contribution in [1.29, 1.82) is 0 Å². The number of rotatable bonds is 5. The number of benzene rings is 1. The van der Waals surface area contributed by atoms with Gasteiger partial charge in [0.2, 0.25) is 5.91 Å². The van der Waals surface area contributed by atoms with E-state index in [9.17, 15) is 9.18 Å². The summed E-state index contributed by atoms with van der Waals surface area (Å²) in [5.41, 5.74) is 0.196. The van der Waals surface area contributed by atoms with E-state index in [0.29, 0.717) is 6.04 Å². The molecule has 5 nitrogen and oxygen atoms in total. The predicted molar refractivity (Wildman–Crippen MR) is 74.0 cm³/mol. The smallest absolute Gasteiger partial charge is 0.234 e. The van der Waals surface area contributed by atoms with Gasteiger partial charge in [-0.3, -0.25) is 4.79 Å². The van der Waals surface area contributed by atoms with Gasteiger partial charge in [-0.2, -0.15) is 0 Å². The highest BCUT2D eigenvalue weighted by Gasteiger charge is 2.26. The topological polar surface area (TPSA) is 59.8 Å². The number of hydrogen-bond acceptors (Lipinski definition) is 4. The molecule has 104 valence electrons. The Balaban J connectivity index is 1.57. The number of amides is 1. The fourth-order valence-electron chi connectivity index (χ4n) is 1.82. The van der Waals surface area contributed by atoms with Crippen LogP contribution in [0.25, 0.3) is 0 Å². The molecule has 0 bridgehead atoms. The highest BCUT2D eigenvalue weighted by molar-refractivity contribution is 7.99. The first-order valence-corrected chi connectivity index (χ1v) is 7.29. The van der Waals surface area contributed by atoms with Crippen molar-refractivity contribution in [1.82, 2.24) is 14.8 Å². The molecule has 0 aliphatic heterocycles. The molecule has 1 aromatic heterocycles. The van der Waals surface area contributed by atoms with Gasteiger partial charge in [-0.1, -0.05) is 23.9 Å². The van der Waals surface area contributed by atoms with Crippen molar-refractivity contribution in [2.45, 2.75) is 24.0 Å². The van der Waals surface area contributed by atoms with Gasteiger partial charge in [0, 0.05) is 6.04 Å². The lowest BCUT2D eigenvalue weighted by atomic mass is 10.3. The Labute approximate surface area is 119 Å². The molecule has 2 aromatic rings. The fraction of sp³-hybridized carbons (Fsp3) is 0.308. The SMILES string of the molecule is O=C(CSc1nncn1C1CC1)Nc1ccccc1F. The van der Waals surface area contributed by atoms with Crippen LogP contribution in [0.1, 0.15) is 18.9 Å². The second-order valence-corrected chi connectivity index (χ2v) is 5.51. The molecule has 1 aliphatic carbocycles. The minimum absolute atomic E-state index is 0.180. The Hall–Kier alpha value is -1.89. The van der Waals surface area contributed by atoms with Gasteiger partial charge >= 0.3 is 0 Å². The van der Waals surface area contributed by atoms with Crippen LogP contribution in [-0.4, -0.2) is 26.4 Å². The number of hydrogen-bond donors (Lipinski definition) is 1. The first-order valence-electron chi connectivity index (χ1n) is 6.31. The van der Waals surface area contributed by atoms with E-state index in [2.05, 4.69) is 15.5 Å². The summed E-state index contributed by atoms with van der Waals surface area (Å²) < 4.78 is 15.4. The van der Waals surface area contributed by atoms with E-state index < -0.39 is 5.82 Å². The Morgan fingerprint density at radius 1 is 1.45 bits per heavy atom. The van der Waals surface area contributed by atoms with Gasteiger partial charge in [0.1, 0.15) is 12.1 Å². The second kappa shape index (κ2) is 5.62. The van der Waals surface area contributed by atoms with Crippen LogP contribution in [0.2, 0.25) is 0 Å².